The molecule has 15 heavy (non-hydrogen) atoms. The number of aromatic nitrogens is 1. The Kier molecular flexibility index (Phi) is 3.01. The minimum Gasteiger partial charge on any atom is -0.480 e. The van der Waals surface area contributed by atoms with Gasteiger partial charge in [-0.1, -0.05) is 0 Å². The molecule has 84 valence electrons. The van der Waals surface area contributed by atoms with E-state index in [4.69, 9.17) is 5.73 Å². The molecule has 0 aliphatic heterocycles. The molecule has 0 amide bonds. The number of anilines is 1. The standard InChI is InChI=1S/C8H8F4N2O/c1-15-7-5(13)2-4(9)6(14-7)3-8(10,11)12/h2H,3,13H2,1H3. The lowest BCUT2D eigenvalue weighted by Crippen LogP contribution is -2.15. The quantitative estimate of drug-likeness (QED) is 0.780. The minimum atomic E-state index is -4.52. The monoisotopic (exact) mass is 224 g/mol. The molecule has 2 N–H and O–H groups in total. The molecule has 0 aliphatic carbocycles. The van der Waals surface area contributed by atoms with Gasteiger partial charge in [-0.25, -0.2) is 9.37 Å². The van der Waals surface area contributed by atoms with Crippen LogP contribution in [0.2, 0.25) is 0 Å². The van der Waals surface area contributed by atoms with Gasteiger partial charge in [0.25, 0.3) is 0 Å². The molecular formula is C8H8F4N2O. The van der Waals surface area contributed by atoms with Crippen LogP contribution in [0.15, 0.2) is 6.07 Å². The molecule has 1 heterocycles. The molecule has 0 fully saturated rings. The van der Waals surface area contributed by atoms with Crippen molar-refractivity contribution in [2.24, 2.45) is 0 Å². The van der Waals surface area contributed by atoms with Crippen molar-refractivity contribution in [1.29, 1.82) is 0 Å². The molecule has 1 rings (SSSR count). The highest BCUT2D eigenvalue weighted by Crippen LogP contribution is 2.26. The Morgan fingerprint density at radius 1 is 1.47 bits per heavy atom. The van der Waals surface area contributed by atoms with Crippen molar-refractivity contribution in [3.63, 3.8) is 0 Å². The van der Waals surface area contributed by atoms with Crippen LogP contribution in [0.3, 0.4) is 0 Å². The fourth-order valence-corrected chi connectivity index (χ4v) is 0.999. The van der Waals surface area contributed by atoms with E-state index in [0.29, 0.717) is 0 Å². The number of ether oxygens (including phenoxy) is 1. The Balaban J connectivity index is 3.08. The number of nitrogen functional groups attached to an aromatic ring is 1. The predicted octanol–water partition coefficient (Wildman–Crippen LogP) is 1.92. The molecule has 0 saturated heterocycles. The number of hydrogen-bond donors (Lipinski definition) is 1. The van der Waals surface area contributed by atoms with Crippen LogP contribution in [-0.4, -0.2) is 18.3 Å². The van der Waals surface area contributed by atoms with Crippen LogP contribution in [0, 0.1) is 5.82 Å². The van der Waals surface area contributed by atoms with Gasteiger partial charge in [-0.15, -0.1) is 0 Å². The zero-order chi connectivity index (χ0) is 11.6. The summed E-state index contributed by atoms with van der Waals surface area (Å²) in [7, 11) is 1.19. The Morgan fingerprint density at radius 2 is 2.07 bits per heavy atom. The molecule has 0 unspecified atom stereocenters. The largest absolute Gasteiger partial charge is 0.480 e. The molecule has 0 radical (unpaired) electrons. The zero-order valence-corrected chi connectivity index (χ0v) is 7.73. The van der Waals surface area contributed by atoms with E-state index in [9.17, 15) is 17.6 Å². The summed E-state index contributed by atoms with van der Waals surface area (Å²) in [6.45, 7) is 0. The average molecular weight is 224 g/mol. The number of rotatable bonds is 2. The number of nitrogens with two attached hydrogens (primary N) is 1. The molecule has 0 saturated carbocycles. The van der Waals surface area contributed by atoms with Crippen LogP contribution in [0.25, 0.3) is 0 Å². The minimum absolute atomic E-state index is 0.138. The van der Waals surface area contributed by atoms with Gasteiger partial charge >= 0.3 is 6.18 Å². The molecule has 0 aliphatic rings. The Morgan fingerprint density at radius 3 is 2.53 bits per heavy atom. The fourth-order valence-electron chi connectivity index (χ4n) is 0.999. The van der Waals surface area contributed by atoms with Crippen molar-refractivity contribution in [2.75, 3.05) is 12.8 Å². The van der Waals surface area contributed by atoms with Gasteiger partial charge in [-0.2, -0.15) is 13.2 Å². The third-order valence-electron chi connectivity index (χ3n) is 1.60. The first-order chi connectivity index (χ1) is 6.83. The Labute approximate surface area is 82.9 Å². The van der Waals surface area contributed by atoms with E-state index in [1.54, 1.807) is 0 Å². The lowest BCUT2D eigenvalue weighted by Gasteiger charge is -2.09. The van der Waals surface area contributed by atoms with Crippen LogP contribution >= 0.6 is 0 Å². The number of pyridine rings is 1. The van der Waals surface area contributed by atoms with Crippen LogP contribution in [0.4, 0.5) is 23.2 Å². The second-order valence-electron chi connectivity index (χ2n) is 2.81. The molecule has 0 spiro atoms. The van der Waals surface area contributed by atoms with Crippen LogP contribution < -0.4 is 10.5 Å². The normalized spacial score (nSPS) is 11.5. The van der Waals surface area contributed by atoms with E-state index in [-0.39, 0.29) is 11.6 Å². The fraction of sp³-hybridized carbons (Fsp3) is 0.375. The molecule has 1 aromatic heterocycles. The van der Waals surface area contributed by atoms with Crippen molar-refractivity contribution >= 4 is 5.69 Å². The average Bonchev–Trinajstić information content (AvgIpc) is 2.07. The molecule has 0 atom stereocenters. The number of hydrogen-bond acceptors (Lipinski definition) is 3. The first kappa shape index (κ1) is 11.5. The van der Waals surface area contributed by atoms with Crippen molar-refractivity contribution in [1.82, 2.24) is 4.98 Å². The molecular weight excluding hydrogens is 216 g/mol. The highest BCUT2D eigenvalue weighted by atomic mass is 19.4. The summed E-state index contributed by atoms with van der Waals surface area (Å²) in [5.74, 6) is -1.30. The number of nitrogens with zero attached hydrogens (tertiary/aromatic N) is 1. The summed E-state index contributed by atoms with van der Waals surface area (Å²) in [5.41, 5.74) is 4.39. The predicted molar refractivity (Wildman–Crippen MR) is 44.9 cm³/mol. The molecule has 7 heteroatoms. The summed E-state index contributed by atoms with van der Waals surface area (Å²) in [5, 5.41) is 0. The summed E-state index contributed by atoms with van der Waals surface area (Å²) < 4.78 is 53.5. The van der Waals surface area contributed by atoms with E-state index < -0.39 is 24.1 Å². The van der Waals surface area contributed by atoms with Gasteiger partial charge in [-0.3, -0.25) is 0 Å². The second kappa shape index (κ2) is 3.92. The van der Waals surface area contributed by atoms with E-state index in [1.165, 1.54) is 7.11 Å². The van der Waals surface area contributed by atoms with Crippen molar-refractivity contribution in [2.45, 2.75) is 12.6 Å². The zero-order valence-electron chi connectivity index (χ0n) is 7.73. The summed E-state index contributed by atoms with van der Waals surface area (Å²) in [6, 6.07) is 0.757. The van der Waals surface area contributed by atoms with Gasteiger partial charge in [0.05, 0.1) is 24.9 Å². The third-order valence-corrected chi connectivity index (χ3v) is 1.60. The maximum atomic E-state index is 13.0. The SMILES string of the molecule is COc1nc(CC(F)(F)F)c(F)cc1N. The summed E-state index contributed by atoms with van der Waals surface area (Å²) in [6.07, 6.45) is -5.97. The lowest BCUT2D eigenvalue weighted by molar-refractivity contribution is -0.128. The maximum Gasteiger partial charge on any atom is 0.394 e. The smallest absolute Gasteiger partial charge is 0.394 e. The highest BCUT2D eigenvalue weighted by molar-refractivity contribution is 5.48. The Hall–Kier alpha value is -1.53. The maximum absolute atomic E-state index is 13.0. The third kappa shape index (κ3) is 2.97. The van der Waals surface area contributed by atoms with E-state index in [2.05, 4.69) is 9.72 Å². The van der Waals surface area contributed by atoms with Crippen molar-refractivity contribution in [3.05, 3.63) is 17.6 Å². The van der Waals surface area contributed by atoms with Crippen molar-refractivity contribution in [3.8, 4) is 5.88 Å². The number of halogens is 4. The van der Waals surface area contributed by atoms with Gasteiger partial charge in [0.2, 0.25) is 5.88 Å². The van der Waals surface area contributed by atoms with Crippen molar-refractivity contribution < 1.29 is 22.3 Å². The van der Waals surface area contributed by atoms with E-state index >= 15 is 0 Å². The van der Waals surface area contributed by atoms with Gasteiger partial charge in [-0.05, 0) is 0 Å². The van der Waals surface area contributed by atoms with E-state index in [0.717, 1.165) is 6.07 Å². The summed E-state index contributed by atoms with van der Waals surface area (Å²) >= 11 is 0. The van der Waals surface area contributed by atoms with Crippen LogP contribution in [0.5, 0.6) is 5.88 Å². The van der Waals surface area contributed by atoms with Crippen LogP contribution in [0.1, 0.15) is 5.69 Å². The topological polar surface area (TPSA) is 48.1 Å². The highest BCUT2D eigenvalue weighted by Gasteiger charge is 2.30. The van der Waals surface area contributed by atoms with Crippen LogP contribution in [-0.2, 0) is 6.42 Å². The van der Waals surface area contributed by atoms with Gasteiger partial charge in [0.1, 0.15) is 5.82 Å². The molecule has 3 nitrogen and oxygen atoms in total. The van der Waals surface area contributed by atoms with E-state index in [1.807, 2.05) is 0 Å². The van der Waals surface area contributed by atoms with Gasteiger partial charge in [0, 0.05) is 6.07 Å². The summed E-state index contributed by atoms with van der Waals surface area (Å²) in [4.78, 5) is 3.33. The first-order valence-electron chi connectivity index (χ1n) is 3.89. The Bertz CT molecular complexity index is 364. The molecule has 0 aromatic carbocycles. The molecule has 1 aromatic rings. The first-order valence-corrected chi connectivity index (χ1v) is 3.89. The number of methoxy groups -OCH3 is 1. The molecule has 0 bridgehead atoms. The van der Waals surface area contributed by atoms with Gasteiger partial charge < -0.3 is 10.5 Å². The lowest BCUT2D eigenvalue weighted by atomic mass is 10.2. The second-order valence-corrected chi connectivity index (χ2v) is 2.81. The number of alkyl halides is 3. The van der Waals surface area contributed by atoms with Gasteiger partial charge in [0.15, 0.2) is 0 Å².